The third-order valence-electron chi connectivity index (χ3n) is 2.33. The largest absolute Gasteiger partial charge is 0.481 e. The zero-order chi connectivity index (χ0) is 12.8. The summed E-state index contributed by atoms with van der Waals surface area (Å²) in [6.45, 7) is 3.10. The molecule has 1 heterocycles. The van der Waals surface area contributed by atoms with Gasteiger partial charge in [-0.2, -0.15) is 0 Å². The lowest BCUT2D eigenvalue weighted by atomic mass is 10.2. The highest BCUT2D eigenvalue weighted by atomic mass is 16.5. The van der Waals surface area contributed by atoms with Gasteiger partial charge >= 0.3 is 5.97 Å². The van der Waals surface area contributed by atoms with Crippen LogP contribution >= 0.6 is 0 Å². The molecule has 6 nitrogen and oxygen atoms in total. The number of carboxylic acid groups (broad SMARTS) is 1. The summed E-state index contributed by atoms with van der Waals surface area (Å²) in [6, 6.07) is 1.81. The first-order chi connectivity index (χ1) is 8.02. The van der Waals surface area contributed by atoms with Crippen molar-refractivity contribution in [1.29, 1.82) is 0 Å². The third kappa shape index (κ3) is 4.54. The van der Waals surface area contributed by atoms with Crippen molar-refractivity contribution in [2.75, 3.05) is 20.7 Å². The molecule has 0 aromatic carbocycles. The molecule has 17 heavy (non-hydrogen) atoms. The van der Waals surface area contributed by atoms with E-state index in [1.807, 2.05) is 18.0 Å². The Morgan fingerprint density at radius 3 is 3.00 bits per heavy atom. The van der Waals surface area contributed by atoms with E-state index in [0.29, 0.717) is 25.5 Å². The number of methoxy groups -OCH3 is 1. The van der Waals surface area contributed by atoms with Gasteiger partial charge in [-0.25, -0.2) is 0 Å². The Morgan fingerprint density at radius 2 is 2.41 bits per heavy atom. The first-order valence-electron chi connectivity index (χ1n) is 5.37. The highest BCUT2D eigenvalue weighted by Crippen LogP contribution is 2.08. The van der Waals surface area contributed by atoms with E-state index < -0.39 is 11.9 Å². The van der Waals surface area contributed by atoms with Crippen LogP contribution in [-0.2, 0) is 22.7 Å². The summed E-state index contributed by atoms with van der Waals surface area (Å²) >= 11 is 0. The molecule has 1 aromatic rings. The Labute approximate surface area is 100 Å². The SMILES string of the molecule is COCc1cc(CN(C)CC(C)C(=O)O)no1. The van der Waals surface area contributed by atoms with Crippen LogP contribution in [0.1, 0.15) is 18.4 Å². The standard InChI is InChI=1S/C11H18N2O4/c1-8(11(14)15)5-13(2)6-9-4-10(7-16-3)17-12-9/h4,8H,5-7H2,1-3H3,(H,14,15). The number of nitrogens with zero attached hydrogens (tertiary/aromatic N) is 2. The summed E-state index contributed by atoms with van der Waals surface area (Å²) in [6.07, 6.45) is 0. The summed E-state index contributed by atoms with van der Waals surface area (Å²) in [5, 5.41) is 12.7. The van der Waals surface area contributed by atoms with Crippen LogP contribution in [0.4, 0.5) is 0 Å². The molecule has 0 bridgehead atoms. The van der Waals surface area contributed by atoms with Crippen molar-refractivity contribution in [1.82, 2.24) is 10.1 Å². The molecule has 0 saturated carbocycles. The summed E-state index contributed by atoms with van der Waals surface area (Å²) in [5.41, 5.74) is 0.775. The lowest BCUT2D eigenvalue weighted by Crippen LogP contribution is -2.28. The van der Waals surface area contributed by atoms with E-state index in [1.165, 1.54) is 0 Å². The molecule has 0 fully saturated rings. The summed E-state index contributed by atoms with van der Waals surface area (Å²) < 4.78 is 9.96. The number of hydrogen-bond donors (Lipinski definition) is 1. The number of aliphatic carboxylic acids is 1. The smallest absolute Gasteiger partial charge is 0.307 e. The number of carboxylic acids is 1. The second kappa shape index (κ2) is 6.36. The number of carbonyl (C=O) groups is 1. The van der Waals surface area contributed by atoms with Crippen molar-refractivity contribution >= 4 is 5.97 Å². The molecule has 1 N–H and O–H groups in total. The van der Waals surface area contributed by atoms with Crippen LogP contribution in [0.15, 0.2) is 10.6 Å². The van der Waals surface area contributed by atoms with Gasteiger partial charge in [-0.15, -0.1) is 0 Å². The van der Waals surface area contributed by atoms with Gasteiger partial charge in [0, 0.05) is 26.3 Å². The van der Waals surface area contributed by atoms with E-state index in [4.69, 9.17) is 14.4 Å². The average Bonchev–Trinajstić information content (AvgIpc) is 2.65. The van der Waals surface area contributed by atoms with Crippen molar-refractivity contribution in [3.8, 4) is 0 Å². The Morgan fingerprint density at radius 1 is 1.71 bits per heavy atom. The molecule has 1 unspecified atom stereocenters. The van der Waals surface area contributed by atoms with E-state index in [-0.39, 0.29) is 0 Å². The minimum Gasteiger partial charge on any atom is -0.481 e. The van der Waals surface area contributed by atoms with Crippen molar-refractivity contribution < 1.29 is 19.2 Å². The van der Waals surface area contributed by atoms with Crippen molar-refractivity contribution in [3.63, 3.8) is 0 Å². The molecular formula is C11H18N2O4. The molecule has 1 rings (SSSR count). The van der Waals surface area contributed by atoms with Crippen LogP contribution in [0.2, 0.25) is 0 Å². The maximum absolute atomic E-state index is 10.7. The van der Waals surface area contributed by atoms with Crippen molar-refractivity contribution in [3.05, 3.63) is 17.5 Å². The van der Waals surface area contributed by atoms with Crippen molar-refractivity contribution in [2.45, 2.75) is 20.1 Å². The maximum Gasteiger partial charge on any atom is 0.307 e. The second-order valence-corrected chi connectivity index (χ2v) is 4.15. The third-order valence-corrected chi connectivity index (χ3v) is 2.33. The van der Waals surface area contributed by atoms with Gasteiger partial charge in [0.05, 0.1) is 11.6 Å². The highest BCUT2D eigenvalue weighted by Gasteiger charge is 2.14. The molecule has 1 atom stereocenters. The fourth-order valence-corrected chi connectivity index (χ4v) is 1.53. The van der Waals surface area contributed by atoms with Crippen LogP contribution in [0, 0.1) is 5.92 Å². The van der Waals surface area contributed by atoms with Gasteiger partial charge in [-0.05, 0) is 7.05 Å². The monoisotopic (exact) mass is 242 g/mol. The number of aromatic nitrogens is 1. The lowest BCUT2D eigenvalue weighted by molar-refractivity contribution is -0.141. The highest BCUT2D eigenvalue weighted by molar-refractivity contribution is 5.69. The molecule has 0 radical (unpaired) electrons. The number of ether oxygens (including phenoxy) is 1. The van der Waals surface area contributed by atoms with Gasteiger partial charge in [-0.1, -0.05) is 12.1 Å². The summed E-state index contributed by atoms with van der Waals surface area (Å²) in [5.74, 6) is -0.524. The van der Waals surface area contributed by atoms with Crippen molar-refractivity contribution in [2.24, 2.45) is 5.92 Å². The Hall–Kier alpha value is -1.40. The van der Waals surface area contributed by atoms with E-state index in [2.05, 4.69) is 5.16 Å². The Balaban J connectivity index is 2.44. The van der Waals surface area contributed by atoms with Gasteiger partial charge in [0.15, 0.2) is 5.76 Å². The molecule has 0 aliphatic rings. The summed E-state index contributed by atoms with van der Waals surface area (Å²) in [4.78, 5) is 12.6. The van der Waals surface area contributed by atoms with Crippen LogP contribution in [0.3, 0.4) is 0 Å². The average molecular weight is 242 g/mol. The van der Waals surface area contributed by atoms with Gasteiger partial charge in [0.1, 0.15) is 6.61 Å². The topological polar surface area (TPSA) is 75.8 Å². The molecule has 96 valence electrons. The minimum atomic E-state index is -0.794. The van der Waals surface area contributed by atoms with E-state index in [9.17, 15) is 4.79 Å². The molecule has 1 aromatic heterocycles. The number of hydrogen-bond acceptors (Lipinski definition) is 5. The molecule has 0 amide bonds. The molecular weight excluding hydrogens is 224 g/mol. The fourth-order valence-electron chi connectivity index (χ4n) is 1.53. The van der Waals surface area contributed by atoms with Gasteiger partial charge in [0.2, 0.25) is 0 Å². The second-order valence-electron chi connectivity index (χ2n) is 4.15. The Bertz CT molecular complexity index is 364. The molecule has 0 spiro atoms. The summed E-state index contributed by atoms with van der Waals surface area (Å²) in [7, 11) is 3.44. The van der Waals surface area contributed by atoms with Gasteiger partial charge in [0.25, 0.3) is 0 Å². The fraction of sp³-hybridized carbons (Fsp3) is 0.636. The first kappa shape index (κ1) is 13.7. The zero-order valence-corrected chi connectivity index (χ0v) is 10.3. The van der Waals surface area contributed by atoms with Crippen LogP contribution in [0.5, 0.6) is 0 Å². The predicted molar refractivity (Wildman–Crippen MR) is 60.3 cm³/mol. The molecule has 0 aliphatic heterocycles. The van der Waals surface area contributed by atoms with Crippen LogP contribution in [0.25, 0.3) is 0 Å². The van der Waals surface area contributed by atoms with E-state index in [0.717, 1.165) is 5.69 Å². The molecule has 6 heteroatoms. The quantitative estimate of drug-likeness (QED) is 0.768. The van der Waals surface area contributed by atoms with Gasteiger partial charge in [-0.3, -0.25) is 9.69 Å². The van der Waals surface area contributed by atoms with E-state index >= 15 is 0 Å². The molecule has 0 saturated heterocycles. The zero-order valence-electron chi connectivity index (χ0n) is 10.3. The Kier molecular flexibility index (Phi) is 5.11. The number of rotatable bonds is 7. The van der Waals surface area contributed by atoms with Gasteiger partial charge < -0.3 is 14.4 Å². The normalized spacial score (nSPS) is 12.9. The van der Waals surface area contributed by atoms with Crippen LogP contribution in [-0.4, -0.2) is 41.8 Å². The lowest BCUT2D eigenvalue weighted by Gasteiger charge is -2.17. The predicted octanol–water partition coefficient (Wildman–Crippen LogP) is 0.974. The minimum absolute atomic E-state index is 0.391. The van der Waals surface area contributed by atoms with Crippen LogP contribution < -0.4 is 0 Å². The first-order valence-corrected chi connectivity index (χ1v) is 5.37. The maximum atomic E-state index is 10.7. The van der Waals surface area contributed by atoms with E-state index in [1.54, 1.807) is 14.0 Å². The molecule has 0 aliphatic carbocycles.